The lowest BCUT2D eigenvalue weighted by atomic mass is 10.5. The molecule has 0 bridgehead atoms. The van der Waals surface area contributed by atoms with E-state index in [0.717, 1.165) is 5.76 Å². The van der Waals surface area contributed by atoms with Gasteiger partial charge in [-0.25, -0.2) is 0 Å². The van der Waals surface area contributed by atoms with Crippen molar-refractivity contribution in [3.8, 4) is 0 Å². The molecule has 9 heavy (non-hydrogen) atoms. The Hall–Kier alpha value is -1.09. The van der Waals surface area contributed by atoms with E-state index >= 15 is 0 Å². The Labute approximate surface area is 53.5 Å². The van der Waals surface area contributed by atoms with E-state index in [4.69, 9.17) is 14.9 Å². The fourth-order valence-electron chi connectivity index (χ4n) is 0.429. The van der Waals surface area contributed by atoms with Crippen LogP contribution in [-0.2, 0) is 11.3 Å². The highest BCUT2D eigenvalue weighted by Crippen LogP contribution is 1.95. The molecule has 1 heterocycles. The minimum absolute atomic E-state index is 0.493. The highest BCUT2D eigenvalue weighted by atomic mass is 16.3. The maximum Gasteiger partial charge on any atom is 0.117 e. The summed E-state index contributed by atoms with van der Waals surface area (Å²) < 4.78 is 4.86. The van der Waals surface area contributed by atoms with Gasteiger partial charge in [-0.2, -0.15) is 0 Å². The zero-order chi connectivity index (χ0) is 7.11. The average Bonchev–Trinajstić information content (AvgIpc) is 2.43. The SMILES string of the molecule is C=O.NCc1ccco1. The van der Waals surface area contributed by atoms with E-state index in [0.29, 0.717) is 6.54 Å². The van der Waals surface area contributed by atoms with Crippen LogP contribution in [0.1, 0.15) is 5.76 Å². The van der Waals surface area contributed by atoms with E-state index in [2.05, 4.69) is 0 Å². The lowest BCUT2D eigenvalue weighted by molar-refractivity contribution is -0.0979. The predicted molar refractivity (Wildman–Crippen MR) is 33.7 cm³/mol. The Bertz CT molecular complexity index is 137. The Morgan fingerprint density at radius 2 is 2.33 bits per heavy atom. The van der Waals surface area contributed by atoms with E-state index in [9.17, 15) is 0 Å². The van der Waals surface area contributed by atoms with E-state index in [1.807, 2.05) is 18.9 Å². The Morgan fingerprint density at radius 3 is 2.56 bits per heavy atom. The first kappa shape index (κ1) is 7.91. The van der Waals surface area contributed by atoms with Crippen LogP contribution < -0.4 is 5.73 Å². The lowest BCUT2D eigenvalue weighted by Crippen LogP contribution is -1.92. The monoisotopic (exact) mass is 127 g/mol. The number of furan rings is 1. The van der Waals surface area contributed by atoms with Gasteiger partial charge in [-0.15, -0.1) is 0 Å². The van der Waals surface area contributed by atoms with Crippen molar-refractivity contribution in [3.05, 3.63) is 24.2 Å². The third-order valence-corrected chi connectivity index (χ3v) is 0.781. The van der Waals surface area contributed by atoms with Crippen molar-refractivity contribution in [2.75, 3.05) is 0 Å². The smallest absolute Gasteiger partial charge is 0.117 e. The van der Waals surface area contributed by atoms with Gasteiger partial charge in [-0.1, -0.05) is 0 Å². The quantitative estimate of drug-likeness (QED) is 0.599. The zero-order valence-corrected chi connectivity index (χ0v) is 5.04. The number of hydrogen-bond donors (Lipinski definition) is 1. The molecule has 0 atom stereocenters. The molecule has 2 N–H and O–H groups in total. The van der Waals surface area contributed by atoms with Crippen molar-refractivity contribution in [2.45, 2.75) is 6.54 Å². The van der Waals surface area contributed by atoms with Crippen LogP contribution in [0, 0.1) is 0 Å². The molecule has 0 aromatic carbocycles. The number of carbonyl (C=O) groups is 1. The molecule has 0 unspecified atom stereocenters. The molecule has 0 aliphatic rings. The van der Waals surface area contributed by atoms with Crippen LogP contribution in [0.3, 0.4) is 0 Å². The molecule has 0 saturated heterocycles. The van der Waals surface area contributed by atoms with Crippen molar-refractivity contribution in [1.82, 2.24) is 0 Å². The maximum absolute atomic E-state index is 8.00. The summed E-state index contributed by atoms with van der Waals surface area (Å²) in [6, 6.07) is 3.67. The largest absolute Gasteiger partial charge is 0.468 e. The fourth-order valence-corrected chi connectivity index (χ4v) is 0.429. The third-order valence-electron chi connectivity index (χ3n) is 0.781. The molecule has 1 aromatic rings. The molecule has 1 aromatic heterocycles. The van der Waals surface area contributed by atoms with Gasteiger partial charge in [0.05, 0.1) is 12.8 Å². The highest BCUT2D eigenvalue weighted by molar-refractivity contribution is 5.10. The summed E-state index contributed by atoms with van der Waals surface area (Å²) in [6.45, 7) is 2.49. The first-order chi connectivity index (χ1) is 4.43. The normalized spacial score (nSPS) is 7.67. The minimum Gasteiger partial charge on any atom is -0.468 e. The molecule has 0 radical (unpaired) electrons. The van der Waals surface area contributed by atoms with Gasteiger partial charge in [-0.3, -0.25) is 0 Å². The van der Waals surface area contributed by atoms with Crippen LogP contribution in [-0.4, -0.2) is 6.79 Å². The Morgan fingerprint density at radius 1 is 1.67 bits per heavy atom. The minimum atomic E-state index is 0.493. The molecule has 3 heteroatoms. The van der Waals surface area contributed by atoms with Crippen LogP contribution in [0.4, 0.5) is 0 Å². The van der Waals surface area contributed by atoms with Gasteiger partial charge in [0.2, 0.25) is 0 Å². The van der Waals surface area contributed by atoms with E-state index in [-0.39, 0.29) is 0 Å². The second-order valence-corrected chi connectivity index (χ2v) is 1.28. The van der Waals surface area contributed by atoms with Gasteiger partial charge in [0.25, 0.3) is 0 Å². The number of rotatable bonds is 1. The molecule has 0 fully saturated rings. The topological polar surface area (TPSA) is 56.2 Å². The Kier molecular flexibility index (Phi) is 4.44. The van der Waals surface area contributed by atoms with Crippen LogP contribution in [0.25, 0.3) is 0 Å². The van der Waals surface area contributed by atoms with Gasteiger partial charge in [0.15, 0.2) is 0 Å². The van der Waals surface area contributed by atoms with E-state index in [1.165, 1.54) is 0 Å². The van der Waals surface area contributed by atoms with Gasteiger partial charge in [0, 0.05) is 0 Å². The van der Waals surface area contributed by atoms with Crippen molar-refractivity contribution in [2.24, 2.45) is 5.73 Å². The molecule has 0 aliphatic carbocycles. The molecule has 0 spiro atoms. The summed E-state index contributed by atoms with van der Waals surface area (Å²) in [4.78, 5) is 8.00. The summed E-state index contributed by atoms with van der Waals surface area (Å²) in [5.74, 6) is 0.833. The molecular formula is C6H9NO2. The standard InChI is InChI=1S/C5H7NO.CH2O/c6-4-5-2-1-3-7-5;1-2/h1-3H,4,6H2;1H2. The molecular weight excluding hydrogens is 118 g/mol. The third kappa shape index (κ3) is 2.66. The summed E-state index contributed by atoms with van der Waals surface area (Å²) in [5.41, 5.74) is 5.20. The van der Waals surface area contributed by atoms with Crippen LogP contribution in [0.5, 0.6) is 0 Å². The van der Waals surface area contributed by atoms with Crippen molar-refractivity contribution in [3.63, 3.8) is 0 Å². The lowest BCUT2D eigenvalue weighted by Gasteiger charge is -1.80. The summed E-state index contributed by atoms with van der Waals surface area (Å²) >= 11 is 0. The molecule has 3 nitrogen and oxygen atoms in total. The van der Waals surface area contributed by atoms with Gasteiger partial charge >= 0.3 is 0 Å². The second kappa shape index (κ2) is 5.05. The highest BCUT2D eigenvalue weighted by Gasteiger charge is 1.84. The maximum atomic E-state index is 8.00. The molecule has 1 rings (SSSR count). The van der Waals surface area contributed by atoms with Gasteiger partial charge in [-0.05, 0) is 12.1 Å². The summed E-state index contributed by atoms with van der Waals surface area (Å²) in [7, 11) is 0. The van der Waals surface area contributed by atoms with Crippen LogP contribution in [0.2, 0.25) is 0 Å². The first-order valence-electron chi connectivity index (χ1n) is 2.45. The number of hydrogen-bond acceptors (Lipinski definition) is 3. The molecule has 0 amide bonds. The van der Waals surface area contributed by atoms with Gasteiger partial charge < -0.3 is 14.9 Å². The molecule has 0 aliphatic heterocycles. The summed E-state index contributed by atoms with van der Waals surface area (Å²) in [6.07, 6.45) is 1.61. The van der Waals surface area contributed by atoms with Crippen molar-refractivity contribution < 1.29 is 9.21 Å². The predicted octanol–water partition coefficient (Wildman–Crippen LogP) is 0.553. The number of carbonyl (C=O) groups excluding carboxylic acids is 1. The molecule has 50 valence electrons. The van der Waals surface area contributed by atoms with E-state index < -0.39 is 0 Å². The Balaban J connectivity index is 0.000000291. The first-order valence-corrected chi connectivity index (χ1v) is 2.45. The fraction of sp³-hybridized carbons (Fsp3) is 0.167. The van der Waals surface area contributed by atoms with Crippen molar-refractivity contribution >= 4 is 6.79 Å². The van der Waals surface area contributed by atoms with Gasteiger partial charge in [0.1, 0.15) is 12.5 Å². The van der Waals surface area contributed by atoms with Crippen LogP contribution >= 0.6 is 0 Å². The number of nitrogens with two attached hydrogens (primary N) is 1. The molecule has 0 saturated carbocycles. The van der Waals surface area contributed by atoms with Crippen molar-refractivity contribution in [1.29, 1.82) is 0 Å². The zero-order valence-electron chi connectivity index (χ0n) is 5.04. The average molecular weight is 127 g/mol. The second-order valence-electron chi connectivity index (χ2n) is 1.28. The summed E-state index contributed by atoms with van der Waals surface area (Å²) in [5, 5.41) is 0. The van der Waals surface area contributed by atoms with Crippen LogP contribution in [0.15, 0.2) is 22.8 Å². The van der Waals surface area contributed by atoms with E-state index in [1.54, 1.807) is 6.26 Å².